The van der Waals surface area contributed by atoms with Crippen molar-refractivity contribution in [3.8, 4) is 44.5 Å². The highest BCUT2D eigenvalue weighted by Gasteiger charge is 2.41. The predicted molar refractivity (Wildman–Crippen MR) is 316 cm³/mol. The second kappa shape index (κ2) is 27.2. The van der Waals surface area contributed by atoms with Crippen LogP contribution in [-0.4, -0.2) is 0 Å². The Morgan fingerprint density at radius 1 is 0.437 bits per heavy atom. The molecular weight excluding hydrogens is 853 g/mol. The standard InChI is InChI=1S/C25H20.C21H22.C16H18.C4H8.2C2H6.CH4/c1-19-12-14-22(15-13-19)25-17-23(20-8-4-2-5-9-20)16-24(18-25)21-10-6-3-7-11-21;1-15-11-13-18(14-12-15)20-9-6-10-21(17(20)3)19-8-5-4-7-16(19)2;1-11-8-9-13-12-6-4-5-7-14(12)16(2,3)15(13)10-11;1-2-4-3-1;2*1-2;/h2-18H,1H3;4-13,18H,14H2,1-3H3;4-8,10,13H,9H2,1-3H3;1-4H2;2*1-2H3;1H4. The molecule has 0 saturated heterocycles. The van der Waals surface area contributed by atoms with Crippen molar-refractivity contribution in [2.75, 3.05) is 0 Å². The molecule has 7 aromatic rings. The summed E-state index contributed by atoms with van der Waals surface area (Å²) in [5, 5.41) is 0. The van der Waals surface area contributed by atoms with Crippen LogP contribution in [0.25, 0.3) is 44.5 Å². The van der Waals surface area contributed by atoms with Gasteiger partial charge in [0, 0.05) is 17.3 Å². The molecule has 0 heterocycles. The number of benzene rings is 7. The van der Waals surface area contributed by atoms with Crippen molar-refractivity contribution in [3.05, 3.63) is 250 Å². The Hall–Kier alpha value is -6.50. The molecule has 71 heavy (non-hydrogen) atoms. The first-order valence-corrected chi connectivity index (χ1v) is 26.4. The molecule has 7 aromatic carbocycles. The molecule has 0 amide bonds. The van der Waals surface area contributed by atoms with E-state index in [1.54, 1.807) is 11.1 Å². The molecule has 2 atom stereocenters. The van der Waals surface area contributed by atoms with Gasteiger partial charge in [-0.2, -0.15) is 0 Å². The number of aryl methyl sites for hydroxylation is 2. The Bertz CT molecular complexity index is 2790. The van der Waals surface area contributed by atoms with E-state index in [0.717, 1.165) is 6.42 Å². The lowest BCUT2D eigenvalue weighted by molar-refractivity contribution is 0.504. The fourth-order valence-corrected chi connectivity index (χ4v) is 9.84. The first kappa shape index (κ1) is 55.4. The van der Waals surface area contributed by atoms with Gasteiger partial charge in [0.25, 0.3) is 0 Å². The Labute approximate surface area is 432 Å². The van der Waals surface area contributed by atoms with E-state index >= 15 is 0 Å². The van der Waals surface area contributed by atoms with Crippen LogP contribution in [0.3, 0.4) is 0 Å². The summed E-state index contributed by atoms with van der Waals surface area (Å²) in [6.07, 6.45) is 20.0. The maximum absolute atomic E-state index is 2.40. The quantitative estimate of drug-likeness (QED) is 0.161. The molecule has 0 heteroatoms. The van der Waals surface area contributed by atoms with Crippen LogP contribution in [0.2, 0.25) is 0 Å². The van der Waals surface area contributed by atoms with Crippen molar-refractivity contribution in [1.82, 2.24) is 0 Å². The number of fused-ring (bicyclic) bond motifs is 3. The van der Waals surface area contributed by atoms with E-state index in [-0.39, 0.29) is 12.8 Å². The molecule has 0 aliphatic heterocycles. The van der Waals surface area contributed by atoms with E-state index in [9.17, 15) is 0 Å². The van der Waals surface area contributed by atoms with Gasteiger partial charge in [-0.1, -0.05) is 279 Å². The van der Waals surface area contributed by atoms with Gasteiger partial charge in [0.15, 0.2) is 0 Å². The predicted octanol–water partition coefficient (Wildman–Crippen LogP) is 21.5. The van der Waals surface area contributed by atoms with Crippen molar-refractivity contribution >= 4 is 0 Å². The molecule has 4 aliphatic rings. The lowest BCUT2D eigenvalue weighted by atomic mass is 9.78. The van der Waals surface area contributed by atoms with Crippen molar-refractivity contribution in [2.24, 2.45) is 0 Å². The third-order valence-corrected chi connectivity index (χ3v) is 14.2. The molecule has 11 rings (SSSR count). The molecule has 0 nitrogen and oxygen atoms in total. The summed E-state index contributed by atoms with van der Waals surface area (Å²) < 4.78 is 0. The zero-order valence-electron chi connectivity index (χ0n) is 44.4. The fraction of sp³-hybridized carbons (Fsp3) is 0.296. The average Bonchev–Trinajstić information content (AvgIpc) is 3.61. The molecule has 0 N–H and O–H groups in total. The number of rotatable bonds is 5. The zero-order chi connectivity index (χ0) is 50.0. The van der Waals surface area contributed by atoms with Gasteiger partial charge >= 0.3 is 0 Å². The minimum absolute atomic E-state index is 0. The molecule has 2 unspecified atom stereocenters. The molecular formula is C71H84. The van der Waals surface area contributed by atoms with E-state index in [2.05, 4.69) is 249 Å². The van der Waals surface area contributed by atoms with E-state index in [0.29, 0.717) is 11.8 Å². The monoisotopic (exact) mass is 937 g/mol. The molecule has 4 aliphatic carbocycles. The van der Waals surface area contributed by atoms with Crippen LogP contribution in [0.4, 0.5) is 0 Å². The van der Waals surface area contributed by atoms with E-state index in [1.165, 1.54) is 116 Å². The first-order valence-electron chi connectivity index (χ1n) is 26.4. The van der Waals surface area contributed by atoms with Crippen LogP contribution in [0.15, 0.2) is 217 Å². The molecule has 0 radical (unpaired) electrons. The van der Waals surface area contributed by atoms with Crippen LogP contribution in [0.5, 0.6) is 0 Å². The number of hydrogen-bond acceptors (Lipinski definition) is 0. The molecule has 0 aromatic heterocycles. The summed E-state index contributed by atoms with van der Waals surface area (Å²) in [4.78, 5) is 0. The normalized spacial score (nSPS) is 16.2. The van der Waals surface area contributed by atoms with E-state index in [1.807, 2.05) is 27.7 Å². The zero-order valence-corrected chi connectivity index (χ0v) is 44.4. The highest BCUT2D eigenvalue weighted by Crippen LogP contribution is 2.53. The van der Waals surface area contributed by atoms with Gasteiger partial charge < -0.3 is 0 Å². The van der Waals surface area contributed by atoms with Gasteiger partial charge in [0.05, 0.1) is 0 Å². The Kier molecular flexibility index (Phi) is 21.2. The second-order valence-corrected chi connectivity index (χ2v) is 19.3. The topological polar surface area (TPSA) is 0 Å². The first-order chi connectivity index (χ1) is 34.1. The number of hydrogen-bond donors (Lipinski definition) is 0. The van der Waals surface area contributed by atoms with Crippen molar-refractivity contribution < 1.29 is 0 Å². The number of allylic oxidation sites excluding steroid dienone is 8. The van der Waals surface area contributed by atoms with Gasteiger partial charge in [0.2, 0.25) is 0 Å². The smallest absolute Gasteiger partial charge is 0.0117 e. The minimum atomic E-state index is 0. The fourth-order valence-electron chi connectivity index (χ4n) is 9.84. The van der Waals surface area contributed by atoms with Crippen LogP contribution in [0, 0.1) is 20.8 Å². The van der Waals surface area contributed by atoms with Gasteiger partial charge in [-0.05, 0) is 138 Å². The maximum Gasteiger partial charge on any atom is 0.0117 e. The Balaban J connectivity index is 0.000000186. The van der Waals surface area contributed by atoms with Gasteiger partial charge in [0.1, 0.15) is 0 Å². The van der Waals surface area contributed by atoms with Gasteiger partial charge in [-0.3, -0.25) is 0 Å². The van der Waals surface area contributed by atoms with Crippen LogP contribution in [0.1, 0.15) is 147 Å². The highest BCUT2D eigenvalue weighted by atomic mass is 14.4. The van der Waals surface area contributed by atoms with E-state index < -0.39 is 0 Å². The van der Waals surface area contributed by atoms with Crippen LogP contribution >= 0.6 is 0 Å². The second-order valence-electron chi connectivity index (χ2n) is 19.3. The minimum Gasteiger partial charge on any atom is -0.0807 e. The van der Waals surface area contributed by atoms with Crippen molar-refractivity contribution in [3.63, 3.8) is 0 Å². The van der Waals surface area contributed by atoms with Crippen molar-refractivity contribution in [1.29, 1.82) is 0 Å². The SMILES string of the molecule is C.C1CCC1.CC.CC.CC1=CCC(c2cccc(-c3ccccc3C)c2C)C=C1.CC1=CCC2C(=C1)C(C)(C)c1ccccc12.Cc1ccc(-c2cc(-c3ccccc3)cc(-c3ccccc3)c2)cc1. The molecule has 0 bridgehead atoms. The third-order valence-electron chi connectivity index (χ3n) is 14.2. The lowest BCUT2D eigenvalue weighted by Gasteiger charge is -2.26. The summed E-state index contributed by atoms with van der Waals surface area (Å²) in [5.41, 5.74) is 23.4. The summed E-state index contributed by atoms with van der Waals surface area (Å²) in [5.74, 6) is 1.15. The van der Waals surface area contributed by atoms with Gasteiger partial charge in [-0.15, -0.1) is 0 Å². The molecule has 368 valence electrons. The largest absolute Gasteiger partial charge is 0.0807 e. The summed E-state index contributed by atoms with van der Waals surface area (Å²) in [6.45, 7) is 23.7. The lowest BCUT2D eigenvalue weighted by Crippen LogP contribution is -2.17. The summed E-state index contributed by atoms with van der Waals surface area (Å²) in [6, 6.07) is 61.1. The van der Waals surface area contributed by atoms with Gasteiger partial charge in [-0.25, -0.2) is 0 Å². The Morgan fingerprint density at radius 2 is 0.915 bits per heavy atom. The van der Waals surface area contributed by atoms with Crippen LogP contribution < -0.4 is 0 Å². The van der Waals surface area contributed by atoms with E-state index in [4.69, 9.17) is 0 Å². The highest BCUT2D eigenvalue weighted by molar-refractivity contribution is 5.81. The Morgan fingerprint density at radius 3 is 1.45 bits per heavy atom. The van der Waals surface area contributed by atoms with Crippen LogP contribution in [-0.2, 0) is 5.41 Å². The molecule has 1 fully saturated rings. The summed E-state index contributed by atoms with van der Waals surface area (Å²) >= 11 is 0. The molecule has 0 spiro atoms. The summed E-state index contributed by atoms with van der Waals surface area (Å²) in [7, 11) is 0. The maximum atomic E-state index is 2.40. The molecule has 1 saturated carbocycles. The third kappa shape index (κ3) is 14.1. The average molecular weight is 937 g/mol. The van der Waals surface area contributed by atoms with Crippen molar-refractivity contribution in [2.45, 2.75) is 139 Å².